The highest BCUT2D eigenvalue weighted by atomic mass is 19.1. The number of aliphatic hydroxyl groups is 1. The fourth-order valence-corrected chi connectivity index (χ4v) is 2.61. The molecule has 1 aliphatic heterocycles. The largest absolute Gasteiger partial charge is 0.389 e. The van der Waals surface area contributed by atoms with Crippen molar-refractivity contribution in [3.05, 3.63) is 29.6 Å². The molecule has 1 aromatic carbocycles. The average molecular weight is 253 g/mol. The van der Waals surface area contributed by atoms with Crippen LogP contribution in [0.25, 0.3) is 0 Å². The Bertz CT molecular complexity index is 409. The lowest BCUT2D eigenvalue weighted by Gasteiger charge is -2.24. The number of nitrogens with zero attached hydrogens (tertiary/aromatic N) is 1. The van der Waals surface area contributed by atoms with Crippen molar-refractivity contribution < 1.29 is 14.2 Å². The zero-order chi connectivity index (χ0) is 13.1. The number of methoxy groups -OCH3 is 1. The summed E-state index contributed by atoms with van der Waals surface area (Å²) in [7, 11) is 1.69. The van der Waals surface area contributed by atoms with Gasteiger partial charge in [-0.2, -0.15) is 0 Å². The van der Waals surface area contributed by atoms with Crippen molar-refractivity contribution in [1.29, 1.82) is 0 Å². The molecule has 1 saturated heterocycles. The quantitative estimate of drug-likeness (QED) is 0.894. The summed E-state index contributed by atoms with van der Waals surface area (Å²) in [4.78, 5) is 2.01. The Hall–Kier alpha value is -1.13. The van der Waals surface area contributed by atoms with Crippen LogP contribution in [0, 0.1) is 11.7 Å². The Morgan fingerprint density at radius 2 is 2.33 bits per heavy atom. The van der Waals surface area contributed by atoms with Crippen LogP contribution in [0.3, 0.4) is 0 Å². The van der Waals surface area contributed by atoms with E-state index in [4.69, 9.17) is 4.74 Å². The maximum atomic E-state index is 14.0. The molecule has 0 aliphatic carbocycles. The third-order valence-corrected chi connectivity index (χ3v) is 3.47. The highest BCUT2D eigenvalue weighted by Gasteiger charge is 2.27. The van der Waals surface area contributed by atoms with Gasteiger partial charge in [0.25, 0.3) is 0 Å². The van der Waals surface area contributed by atoms with Crippen LogP contribution in [0.4, 0.5) is 10.1 Å². The summed E-state index contributed by atoms with van der Waals surface area (Å²) in [5.41, 5.74) is 1.21. The Kier molecular flexibility index (Phi) is 4.19. The zero-order valence-corrected chi connectivity index (χ0v) is 10.9. The van der Waals surface area contributed by atoms with E-state index in [1.165, 1.54) is 6.07 Å². The maximum absolute atomic E-state index is 14.0. The number of halogens is 1. The van der Waals surface area contributed by atoms with Gasteiger partial charge in [-0.1, -0.05) is 12.1 Å². The van der Waals surface area contributed by atoms with Crippen LogP contribution in [0.2, 0.25) is 0 Å². The molecule has 0 spiro atoms. The fraction of sp³-hybridized carbons (Fsp3) is 0.571. The molecule has 0 aromatic heterocycles. The van der Waals surface area contributed by atoms with Gasteiger partial charge in [0.05, 0.1) is 18.4 Å². The van der Waals surface area contributed by atoms with Gasteiger partial charge in [-0.25, -0.2) is 4.39 Å². The molecule has 0 radical (unpaired) electrons. The lowest BCUT2D eigenvalue weighted by molar-refractivity contribution is 0.160. The second-order valence-electron chi connectivity index (χ2n) is 4.91. The first-order valence-corrected chi connectivity index (χ1v) is 6.33. The molecule has 2 atom stereocenters. The molecule has 0 bridgehead atoms. The summed E-state index contributed by atoms with van der Waals surface area (Å²) in [5, 5.41) is 9.74. The van der Waals surface area contributed by atoms with Crippen molar-refractivity contribution in [2.75, 3.05) is 31.7 Å². The Morgan fingerprint density at radius 3 is 3.00 bits per heavy atom. The highest BCUT2D eigenvalue weighted by Crippen LogP contribution is 2.33. The topological polar surface area (TPSA) is 32.7 Å². The average Bonchev–Trinajstić information content (AvgIpc) is 2.77. The van der Waals surface area contributed by atoms with Crippen LogP contribution in [0.15, 0.2) is 18.2 Å². The molecule has 2 unspecified atom stereocenters. The van der Waals surface area contributed by atoms with Crippen molar-refractivity contribution in [3.8, 4) is 0 Å². The number of anilines is 1. The monoisotopic (exact) mass is 253 g/mol. The molecule has 1 heterocycles. The van der Waals surface area contributed by atoms with E-state index in [9.17, 15) is 9.50 Å². The van der Waals surface area contributed by atoms with E-state index in [-0.39, 0.29) is 5.82 Å². The maximum Gasteiger partial charge on any atom is 0.146 e. The summed E-state index contributed by atoms with van der Waals surface area (Å²) in [5.74, 6) is 0.183. The van der Waals surface area contributed by atoms with Crippen LogP contribution < -0.4 is 4.90 Å². The van der Waals surface area contributed by atoms with E-state index < -0.39 is 6.10 Å². The summed E-state index contributed by atoms with van der Waals surface area (Å²) < 4.78 is 19.1. The molecule has 3 nitrogen and oxygen atoms in total. The predicted molar refractivity (Wildman–Crippen MR) is 69.2 cm³/mol. The minimum atomic E-state index is -0.655. The second-order valence-corrected chi connectivity index (χ2v) is 4.91. The fourth-order valence-electron chi connectivity index (χ4n) is 2.61. The molecular formula is C14H20FNO2. The van der Waals surface area contributed by atoms with Crippen molar-refractivity contribution in [2.24, 2.45) is 5.92 Å². The second kappa shape index (κ2) is 5.67. The van der Waals surface area contributed by atoms with E-state index in [0.717, 1.165) is 19.5 Å². The number of benzene rings is 1. The molecule has 18 heavy (non-hydrogen) atoms. The number of ether oxygens (including phenoxy) is 1. The van der Waals surface area contributed by atoms with Crippen molar-refractivity contribution in [1.82, 2.24) is 0 Å². The van der Waals surface area contributed by atoms with Gasteiger partial charge in [0.15, 0.2) is 0 Å². The number of para-hydroxylation sites is 1. The Morgan fingerprint density at radius 1 is 1.56 bits per heavy atom. The van der Waals surface area contributed by atoms with Gasteiger partial charge < -0.3 is 14.7 Å². The smallest absolute Gasteiger partial charge is 0.146 e. The Labute approximate surface area is 107 Å². The lowest BCUT2D eigenvalue weighted by atomic mass is 10.1. The minimum Gasteiger partial charge on any atom is -0.389 e. The zero-order valence-electron chi connectivity index (χ0n) is 10.9. The van der Waals surface area contributed by atoms with Gasteiger partial charge >= 0.3 is 0 Å². The van der Waals surface area contributed by atoms with Crippen molar-refractivity contribution in [2.45, 2.75) is 19.4 Å². The van der Waals surface area contributed by atoms with Crippen molar-refractivity contribution >= 4 is 5.69 Å². The molecule has 2 rings (SSSR count). The summed E-state index contributed by atoms with van der Waals surface area (Å²) in [6.45, 7) is 3.97. The summed E-state index contributed by atoms with van der Waals surface area (Å²) in [6.07, 6.45) is 0.346. The standard InChI is InChI=1S/C14H20FNO2/c1-10(17)12-4-3-5-13(15)14(12)16-7-6-11(8-16)9-18-2/h3-5,10-11,17H,6-9H2,1-2H3. The molecule has 1 aliphatic rings. The van der Waals surface area contributed by atoms with Gasteiger partial charge in [0.1, 0.15) is 5.82 Å². The van der Waals surface area contributed by atoms with E-state index >= 15 is 0 Å². The van der Waals surface area contributed by atoms with Crippen molar-refractivity contribution in [3.63, 3.8) is 0 Å². The summed E-state index contributed by atoms with van der Waals surface area (Å²) >= 11 is 0. The lowest BCUT2D eigenvalue weighted by Crippen LogP contribution is -2.23. The minimum absolute atomic E-state index is 0.258. The normalized spacial score (nSPS) is 21.3. The molecule has 1 fully saturated rings. The van der Waals surface area contributed by atoms with Crippen LogP contribution in [0.5, 0.6) is 0 Å². The number of hydrogen-bond donors (Lipinski definition) is 1. The predicted octanol–water partition coefficient (Wildman–Crippen LogP) is 2.35. The van der Waals surface area contributed by atoms with Gasteiger partial charge in [-0.05, 0) is 19.4 Å². The van der Waals surface area contributed by atoms with Crippen LogP contribution >= 0.6 is 0 Å². The van der Waals surface area contributed by atoms with E-state index in [1.807, 2.05) is 4.90 Å². The first-order valence-electron chi connectivity index (χ1n) is 6.33. The molecule has 0 amide bonds. The third kappa shape index (κ3) is 2.65. The van der Waals surface area contributed by atoms with E-state index in [2.05, 4.69) is 0 Å². The third-order valence-electron chi connectivity index (χ3n) is 3.47. The number of aliphatic hydroxyl groups excluding tert-OH is 1. The Balaban J connectivity index is 2.23. The molecule has 100 valence electrons. The number of rotatable bonds is 4. The van der Waals surface area contributed by atoms with Gasteiger partial charge in [0.2, 0.25) is 0 Å². The SMILES string of the molecule is COCC1CCN(c2c(F)cccc2C(C)O)C1. The van der Waals surface area contributed by atoms with Crippen LogP contribution in [-0.4, -0.2) is 31.9 Å². The molecular weight excluding hydrogens is 233 g/mol. The van der Waals surface area contributed by atoms with Crippen LogP contribution in [0.1, 0.15) is 25.0 Å². The van der Waals surface area contributed by atoms with Gasteiger partial charge in [0, 0.05) is 31.7 Å². The first kappa shape index (κ1) is 13.3. The molecule has 1 aromatic rings. The van der Waals surface area contributed by atoms with Gasteiger partial charge in [-0.3, -0.25) is 0 Å². The molecule has 4 heteroatoms. The van der Waals surface area contributed by atoms with E-state index in [1.54, 1.807) is 26.2 Å². The van der Waals surface area contributed by atoms with E-state index in [0.29, 0.717) is 23.8 Å². The summed E-state index contributed by atoms with van der Waals surface area (Å²) in [6, 6.07) is 4.88. The van der Waals surface area contributed by atoms with Gasteiger partial charge in [-0.15, -0.1) is 0 Å². The highest BCUT2D eigenvalue weighted by molar-refractivity contribution is 5.56. The first-order chi connectivity index (χ1) is 8.63. The molecule has 1 N–H and O–H groups in total. The molecule has 0 saturated carbocycles. The number of hydrogen-bond acceptors (Lipinski definition) is 3. The van der Waals surface area contributed by atoms with Crippen LogP contribution in [-0.2, 0) is 4.74 Å².